The average Bonchev–Trinajstić information content (AvgIpc) is 3.18. The monoisotopic (exact) mass is 371 g/mol. The first kappa shape index (κ1) is 18.3. The molecule has 2 aromatic rings. The Morgan fingerprint density at radius 3 is 2.27 bits per heavy atom. The molecule has 136 valence electrons. The van der Waals surface area contributed by atoms with Gasteiger partial charge < -0.3 is 14.2 Å². The zero-order valence-electron chi connectivity index (χ0n) is 14.9. The van der Waals surface area contributed by atoms with Gasteiger partial charge in [-0.2, -0.15) is 5.11 Å². The van der Waals surface area contributed by atoms with Gasteiger partial charge in [0.25, 0.3) is 0 Å². The Morgan fingerprint density at radius 1 is 1.08 bits per heavy atom. The van der Waals surface area contributed by atoms with Crippen molar-refractivity contribution < 1.29 is 14.2 Å². The summed E-state index contributed by atoms with van der Waals surface area (Å²) in [6, 6.07) is 13.2. The fourth-order valence-electron chi connectivity index (χ4n) is 2.94. The van der Waals surface area contributed by atoms with E-state index in [9.17, 15) is 0 Å². The average molecular weight is 371 g/mol. The molecule has 0 amide bonds. The van der Waals surface area contributed by atoms with E-state index in [0.29, 0.717) is 17.2 Å². The second-order valence-electron chi connectivity index (χ2n) is 5.71. The molecule has 6 nitrogen and oxygen atoms in total. The van der Waals surface area contributed by atoms with Crippen molar-refractivity contribution in [2.75, 3.05) is 27.1 Å². The van der Waals surface area contributed by atoms with Crippen LogP contribution in [-0.4, -0.2) is 38.2 Å². The minimum Gasteiger partial charge on any atom is -0.493 e. The molecule has 1 aliphatic heterocycles. The predicted molar refractivity (Wildman–Crippen MR) is 103 cm³/mol. The number of methoxy groups -OCH3 is 3. The van der Waals surface area contributed by atoms with Crippen molar-refractivity contribution in [3.05, 3.63) is 53.6 Å². The Bertz CT molecular complexity index is 786. The number of thioether (sulfide) groups is 1. The highest BCUT2D eigenvalue weighted by atomic mass is 32.2. The van der Waals surface area contributed by atoms with Crippen molar-refractivity contribution >= 4 is 16.8 Å². The lowest BCUT2D eigenvalue weighted by Crippen LogP contribution is -2.15. The van der Waals surface area contributed by atoms with E-state index in [1.807, 2.05) is 42.5 Å². The molecule has 1 aliphatic rings. The van der Waals surface area contributed by atoms with Gasteiger partial charge in [0, 0.05) is 11.3 Å². The Hall–Kier alpha value is -2.54. The number of nitrogens with one attached hydrogen (secondary N) is 1. The molecule has 0 spiro atoms. The Balaban J connectivity index is 1.95. The van der Waals surface area contributed by atoms with Crippen LogP contribution in [0.4, 0.5) is 0 Å². The van der Waals surface area contributed by atoms with Crippen molar-refractivity contribution in [3.63, 3.8) is 0 Å². The number of nitrogens with zero attached hydrogens (tertiary/aromatic N) is 2. The highest BCUT2D eigenvalue weighted by Crippen LogP contribution is 2.42. The summed E-state index contributed by atoms with van der Waals surface area (Å²) in [6.45, 7) is 0. The molecular weight excluding hydrogens is 350 g/mol. The van der Waals surface area contributed by atoms with Gasteiger partial charge in [-0.1, -0.05) is 30.3 Å². The van der Waals surface area contributed by atoms with Crippen molar-refractivity contribution in [2.24, 2.45) is 10.1 Å². The van der Waals surface area contributed by atoms with E-state index < -0.39 is 6.04 Å². The van der Waals surface area contributed by atoms with Gasteiger partial charge in [-0.05, 0) is 17.7 Å². The van der Waals surface area contributed by atoms with Crippen LogP contribution >= 0.6 is 11.8 Å². The standard InChI is InChI=1S/C19H21N3O3S/c1-23-15-9-13(10-16(24-2)18(15)25-3)17(22-20)14-11-26-19(21-14)12-7-5-4-6-8-12/h4-10,14,17,20H,11H2,1-3H3. The van der Waals surface area contributed by atoms with E-state index in [1.165, 1.54) is 0 Å². The molecule has 2 unspecified atom stereocenters. The van der Waals surface area contributed by atoms with Crippen LogP contribution in [0.2, 0.25) is 0 Å². The predicted octanol–water partition coefficient (Wildman–Crippen LogP) is 4.35. The second kappa shape index (κ2) is 8.23. The van der Waals surface area contributed by atoms with Crippen LogP contribution in [0.3, 0.4) is 0 Å². The van der Waals surface area contributed by atoms with Crippen LogP contribution < -0.4 is 14.2 Å². The number of hydrogen-bond acceptors (Lipinski definition) is 7. The summed E-state index contributed by atoms with van der Waals surface area (Å²) in [5.41, 5.74) is 9.63. The van der Waals surface area contributed by atoms with Crippen LogP contribution in [0.25, 0.3) is 0 Å². The lowest BCUT2D eigenvalue weighted by atomic mass is 10.0. The van der Waals surface area contributed by atoms with E-state index in [-0.39, 0.29) is 6.04 Å². The first-order valence-electron chi connectivity index (χ1n) is 8.14. The normalized spacial score (nSPS) is 17.3. The number of aliphatic imine (C=N–C) groups is 1. The molecule has 0 aromatic heterocycles. The molecular formula is C19H21N3O3S. The van der Waals surface area contributed by atoms with Crippen molar-refractivity contribution in [3.8, 4) is 17.2 Å². The lowest BCUT2D eigenvalue weighted by molar-refractivity contribution is 0.323. The van der Waals surface area contributed by atoms with Gasteiger partial charge >= 0.3 is 0 Å². The molecule has 0 fully saturated rings. The van der Waals surface area contributed by atoms with E-state index >= 15 is 0 Å². The van der Waals surface area contributed by atoms with Crippen LogP contribution in [0.15, 0.2) is 52.6 Å². The molecule has 0 saturated carbocycles. The maximum absolute atomic E-state index is 7.72. The van der Waals surface area contributed by atoms with Crippen LogP contribution in [0.5, 0.6) is 17.2 Å². The third-order valence-corrected chi connectivity index (χ3v) is 5.35. The summed E-state index contributed by atoms with van der Waals surface area (Å²) in [5, 5.41) is 4.84. The fraction of sp³-hybridized carbons (Fsp3) is 0.316. The molecule has 2 aromatic carbocycles. The maximum atomic E-state index is 7.72. The van der Waals surface area contributed by atoms with Crippen LogP contribution in [-0.2, 0) is 0 Å². The number of ether oxygens (including phenoxy) is 3. The van der Waals surface area contributed by atoms with Crippen molar-refractivity contribution in [1.82, 2.24) is 0 Å². The highest BCUT2D eigenvalue weighted by molar-refractivity contribution is 8.14. The highest BCUT2D eigenvalue weighted by Gasteiger charge is 2.30. The smallest absolute Gasteiger partial charge is 0.203 e. The SMILES string of the molecule is COc1cc(C(N=N)C2CSC(c3ccccc3)=N2)cc(OC)c1OC. The minimum atomic E-state index is -0.405. The molecule has 0 bridgehead atoms. The van der Waals surface area contributed by atoms with Gasteiger partial charge in [0.05, 0.1) is 32.4 Å². The third kappa shape index (κ3) is 3.53. The summed E-state index contributed by atoms with van der Waals surface area (Å²) < 4.78 is 16.2. The molecule has 3 rings (SSSR count). The van der Waals surface area contributed by atoms with Gasteiger partial charge in [0.1, 0.15) is 6.04 Å². The zero-order chi connectivity index (χ0) is 18.5. The van der Waals surface area contributed by atoms with Crippen LogP contribution in [0.1, 0.15) is 17.2 Å². The second-order valence-corrected chi connectivity index (χ2v) is 6.72. The Kier molecular flexibility index (Phi) is 5.78. The van der Waals surface area contributed by atoms with E-state index in [4.69, 9.17) is 24.7 Å². The maximum Gasteiger partial charge on any atom is 0.203 e. The molecule has 0 saturated heterocycles. The molecule has 26 heavy (non-hydrogen) atoms. The summed E-state index contributed by atoms with van der Waals surface area (Å²) in [7, 11) is 4.71. The summed E-state index contributed by atoms with van der Waals surface area (Å²) in [4.78, 5) is 4.81. The number of benzene rings is 2. The largest absolute Gasteiger partial charge is 0.493 e. The lowest BCUT2D eigenvalue weighted by Gasteiger charge is -2.19. The van der Waals surface area contributed by atoms with Crippen molar-refractivity contribution in [2.45, 2.75) is 12.1 Å². The topological polar surface area (TPSA) is 76.3 Å². The first-order chi connectivity index (χ1) is 12.7. The quantitative estimate of drug-likeness (QED) is 0.734. The Labute approximate surface area is 157 Å². The molecule has 0 aliphatic carbocycles. The molecule has 7 heteroatoms. The van der Waals surface area contributed by atoms with Gasteiger partial charge in [0.2, 0.25) is 5.75 Å². The number of rotatable bonds is 7. The van der Waals surface area contributed by atoms with E-state index in [0.717, 1.165) is 21.9 Å². The van der Waals surface area contributed by atoms with Crippen molar-refractivity contribution in [1.29, 1.82) is 5.53 Å². The van der Waals surface area contributed by atoms with Gasteiger partial charge in [-0.3, -0.25) is 4.99 Å². The van der Waals surface area contributed by atoms with Gasteiger partial charge in [-0.25, -0.2) is 5.53 Å². The molecule has 1 N–H and O–H groups in total. The van der Waals surface area contributed by atoms with E-state index in [1.54, 1.807) is 33.1 Å². The molecule has 1 heterocycles. The van der Waals surface area contributed by atoms with Gasteiger partial charge in [-0.15, -0.1) is 11.8 Å². The third-order valence-electron chi connectivity index (χ3n) is 4.23. The van der Waals surface area contributed by atoms with E-state index in [2.05, 4.69) is 5.11 Å². The minimum absolute atomic E-state index is 0.115. The zero-order valence-corrected chi connectivity index (χ0v) is 15.7. The molecule has 0 radical (unpaired) electrons. The molecule has 2 atom stereocenters. The number of hydrogen-bond donors (Lipinski definition) is 1. The fourth-order valence-corrected chi connectivity index (χ4v) is 4.04. The summed E-state index contributed by atoms with van der Waals surface area (Å²) in [6.07, 6.45) is 0. The summed E-state index contributed by atoms with van der Waals surface area (Å²) >= 11 is 1.69. The van der Waals surface area contributed by atoms with Gasteiger partial charge in [0.15, 0.2) is 11.5 Å². The Morgan fingerprint density at radius 2 is 1.73 bits per heavy atom. The van der Waals surface area contributed by atoms with Crippen LogP contribution in [0, 0.1) is 5.53 Å². The first-order valence-corrected chi connectivity index (χ1v) is 9.12. The summed E-state index contributed by atoms with van der Waals surface area (Å²) in [5.74, 6) is 2.40.